The number of nitrogens with two attached hydrogens (primary N) is 1. The van der Waals surface area contributed by atoms with Crippen molar-refractivity contribution in [3.63, 3.8) is 0 Å². The Morgan fingerprint density at radius 3 is 2.67 bits per heavy atom. The van der Waals surface area contributed by atoms with Crippen LogP contribution < -0.4 is 16.2 Å². The maximum Gasteiger partial charge on any atom is 0.0900 e. The van der Waals surface area contributed by atoms with Crippen LogP contribution in [0.25, 0.3) is 0 Å². The molecule has 2 aromatic rings. The molecule has 1 atom stereocenters. The average Bonchev–Trinajstić information content (AvgIpc) is 2.77. The van der Waals surface area contributed by atoms with Crippen molar-refractivity contribution in [2.75, 3.05) is 19.0 Å². The van der Waals surface area contributed by atoms with Crippen molar-refractivity contribution < 1.29 is 0 Å². The largest absolute Gasteiger partial charge is 0.378 e. The lowest BCUT2D eigenvalue weighted by atomic mass is 10.0. The van der Waals surface area contributed by atoms with Crippen molar-refractivity contribution >= 4 is 5.69 Å². The van der Waals surface area contributed by atoms with E-state index in [1.54, 1.807) is 4.68 Å². The van der Waals surface area contributed by atoms with Gasteiger partial charge in [-0.2, -0.15) is 5.10 Å². The Hall–Kier alpha value is -1.85. The molecule has 1 aromatic carbocycles. The molecule has 0 aliphatic carbocycles. The van der Waals surface area contributed by atoms with Crippen LogP contribution in [-0.2, 0) is 7.05 Å². The Labute approximate surface area is 107 Å². The Morgan fingerprint density at radius 1 is 1.33 bits per heavy atom. The van der Waals surface area contributed by atoms with E-state index in [0.29, 0.717) is 0 Å². The molecule has 0 bridgehead atoms. The minimum Gasteiger partial charge on any atom is -0.378 e. The van der Waals surface area contributed by atoms with Gasteiger partial charge in [0.15, 0.2) is 0 Å². The fourth-order valence-corrected chi connectivity index (χ4v) is 1.92. The first kappa shape index (κ1) is 12.6. The highest BCUT2D eigenvalue weighted by Crippen LogP contribution is 2.23. The molecule has 0 fully saturated rings. The molecule has 1 heterocycles. The monoisotopic (exact) mass is 245 g/mol. The van der Waals surface area contributed by atoms with Gasteiger partial charge in [0.2, 0.25) is 0 Å². The zero-order valence-corrected chi connectivity index (χ0v) is 11.0. The van der Waals surface area contributed by atoms with Gasteiger partial charge in [0.05, 0.1) is 11.7 Å². The molecule has 96 valence electrons. The van der Waals surface area contributed by atoms with Crippen molar-refractivity contribution in [3.05, 3.63) is 47.8 Å². The van der Waals surface area contributed by atoms with Gasteiger partial charge in [0.1, 0.15) is 0 Å². The van der Waals surface area contributed by atoms with Gasteiger partial charge in [-0.25, -0.2) is 5.43 Å². The lowest BCUT2D eigenvalue weighted by Crippen LogP contribution is -2.29. The summed E-state index contributed by atoms with van der Waals surface area (Å²) in [6, 6.07) is 10.1. The molecule has 0 amide bonds. The van der Waals surface area contributed by atoms with Crippen LogP contribution >= 0.6 is 0 Å². The Morgan fingerprint density at radius 2 is 2.11 bits per heavy atom. The number of anilines is 1. The minimum absolute atomic E-state index is 0.0916. The summed E-state index contributed by atoms with van der Waals surface area (Å²) in [6.45, 7) is 0. The molecule has 3 N–H and O–H groups in total. The normalized spacial score (nSPS) is 12.4. The maximum absolute atomic E-state index is 5.66. The van der Waals surface area contributed by atoms with Gasteiger partial charge in [0.25, 0.3) is 0 Å². The van der Waals surface area contributed by atoms with E-state index in [-0.39, 0.29) is 6.04 Å². The quantitative estimate of drug-likeness (QED) is 0.624. The Bertz CT molecular complexity index is 518. The number of hydrogen-bond acceptors (Lipinski definition) is 4. The number of nitrogens with zero attached hydrogens (tertiary/aromatic N) is 3. The Balaban J connectivity index is 2.35. The van der Waals surface area contributed by atoms with E-state index in [0.717, 1.165) is 16.9 Å². The number of hydrazine groups is 1. The van der Waals surface area contributed by atoms with Crippen molar-refractivity contribution in [1.29, 1.82) is 0 Å². The highest BCUT2D eigenvalue weighted by atomic mass is 15.3. The third kappa shape index (κ3) is 2.52. The van der Waals surface area contributed by atoms with E-state index in [9.17, 15) is 0 Å². The standard InChI is InChI=1S/C13H19N5/c1-17(2)11-6-4-5-10(9-11)13(15-14)12-7-8-18(3)16-12/h4-9,13,15H,14H2,1-3H3. The van der Waals surface area contributed by atoms with Gasteiger partial charge in [-0.3, -0.25) is 10.5 Å². The molecule has 1 unspecified atom stereocenters. The number of rotatable bonds is 4. The Kier molecular flexibility index (Phi) is 3.64. The maximum atomic E-state index is 5.66. The smallest absolute Gasteiger partial charge is 0.0900 e. The van der Waals surface area contributed by atoms with Crippen LogP contribution in [-0.4, -0.2) is 23.9 Å². The topological polar surface area (TPSA) is 59.1 Å². The van der Waals surface area contributed by atoms with E-state index in [1.807, 2.05) is 45.5 Å². The molecule has 5 heteroatoms. The molecule has 1 aromatic heterocycles. The fourth-order valence-electron chi connectivity index (χ4n) is 1.92. The predicted molar refractivity (Wildman–Crippen MR) is 73.1 cm³/mol. The summed E-state index contributed by atoms with van der Waals surface area (Å²) >= 11 is 0. The van der Waals surface area contributed by atoms with Crippen LogP contribution in [0, 0.1) is 0 Å². The summed E-state index contributed by atoms with van der Waals surface area (Å²) in [4.78, 5) is 2.06. The summed E-state index contributed by atoms with van der Waals surface area (Å²) < 4.78 is 1.77. The third-order valence-electron chi connectivity index (χ3n) is 2.92. The van der Waals surface area contributed by atoms with Crippen molar-refractivity contribution in [2.45, 2.75) is 6.04 Å². The predicted octanol–water partition coefficient (Wildman–Crippen LogP) is 1.04. The van der Waals surface area contributed by atoms with Crippen LogP contribution in [0.2, 0.25) is 0 Å². The number of benzene rings is 1. The number of nitrogens with one attached hydrogen (secondary N) is 1. The molecule has 0 radical (unpaired) electrons. The molecular formula is C13H19N5. The van der Waals surface area contributed by atoms with Gasteiger partial charge >= 0.3 is 0 Å². The first-order valence-electron chi connectivity index (χ1n) is 5.85. The zero-order valence-electron chi connectivity index (χ0n) is 11.0. The van der Waals surface area contributed by atoms with Crippen LogP contribution in [0.1, 0.15) is 17.3 Å². The number of aryl methyl sites for hydroxylation is 1. The summed E-state index contributed by atoms with van der Waals surface area (Å²) in [5.41, 5.74) is 5.97. The molecule has 0 aliphatic heterocycles. The molecule has 0 saturated heterocycles. The van der Waals surface area contributed by atoms with Crippen LogP contribution in [0.5, 0.6) is 0 Å². The molecular weight excluding hydrogens is 226 g/mol. The van der Waals surface area contributed by atoms with Gasteiger partial charge in [-0.15, -0.1) is 0 Å². The summed E-state index contributed by atoms with van der Waals surface area (Å²) in [7, 11) is 5.93. The highest BCUT2D eigenvalue weighted by Gasteiger charge is 2.15. The minimum atomic E-state index is -0.0916. The van der Waals surface area contributed by atoms with E-state index in [1.165, 1.54) is 0 Å². The SMILES string of the molecule is CN(C)c1cccc(C(NN)c2ccn(C)n2)c1. The van der Waals surface area contributed by atoms with Gasteiger partial charge < -0.3 is 4.90 Å². The summed E-state index contributed by atoms with van der Waals surface area (Å²) in [6.07, 6.45) is 1.91. The fraction of sp³-hybridized carbons (Fsp3) is 0.308. The van der Waals surface area contributed by atoms with Crippen LogP contribution in [0.4, 0.5) is 5.69 Å². The first-order chi connectivity index (χ1) is 8.61. The highest BCUT2D eigenvalue weighted by molar-refractivity contribution is 5.48. The zero-order chi connectivity index (χ0) is 13.1. The van der Waals surface area contributed by atoms with Gasteiger partial charge in [-0.1, -0.05) is 12.1 Å². The van der Waals surface area contributed by atoms with E-state index in [2.05, 4.69) is 27.6 Å². The second-order valence-corrected chi connectivity index (χ2v) is 4.50. The van der Waals surface area contributed by atoms with E-state index < -0.39 is 0 Å². The molecule has 0 aliphatic rings. The molecule has 18 heavy (non-hydrogen) atoms. The molecule has 5 nitrogen and oxygen atoms in total. The second kappa shape index (κ2) is 5.20. The van der Waals surface area contributed by atoms with E-state index >= 15 is 0 Å². The molecule has 0 spiro atoms. The van der Waals surface area contributed by atoms with Crippen molar-refractivity contribution in [3.8, 4) is 0 Å². The van der Waals surface area contributed by atoms with E-state index in [4.69, 9.17) is 5.84 Å². The summed E-state index contributed by atoms with van der Waals surface area (Å²) in [5.74, 6) is 5.66. The second-order valence-electron chi connectivity index (χ2n) is 4.50. The van der Waals surface area contributed by atoms with Crippen LogP contribution in [0.15, 0.2) is 36.5 Å². The lowest BCUT2D eigenvalue weighted by Gasteiger charge is -2.18. The molecule has 2 rings (SSSR count). The lowest BCUT2D eigenvalue weighted by molar-refractivity contribution is 0.603. The first-order valence-corrected chi connectivity index (χ1v) is 5.85. The number of aromatic nitrogens is 2. The number of hydrogen-bond donors (Lipinski definition) is 2. The van der Waals surface area contributed by atoms with Gasteiger partial charge in [0, 0.05) is 33.0 Å². The average molecular weight is 245 g/mol. The molecule has 0 saturated carbocycles. The summed E-state index contributed by atoms with van der Waals surface area (Å²) in [5, 5.41) is 4.39. The van der Waals surface area contributed by atoms with Crippen molar-refractivity contribution in [2.24, 2.45) is 12.9 Å². The third-order valence-corrected chi connectivity index (χ3v) is 2.92. The van der Waals surface area contributed by atoms with Crippen LogP contribution in [0.3, 0.4) is 0 Å². The van der Waals surface area contributed by atoms with Gasteiger partial charge in [-0.05, 0) is 23.8 Å². The van der Waals surface area contributed by atoms with Crippen molar-refractivity contribution in [1.82, 2.24) is 15.2 Å².